The number of benzene rings is 1. The summed E-state index contributed by atoms with van der Waals surface area (Å²) in [5, 5.41) is 2.66. The number of rotatable bonds is 5. The summed E-state index contributed by atoms with van der Waals surface area (Å²) in [6.07, 6.45) is -5.36. The number of halogens is 4. The summed E-state index contributed by atoms with van der Waals surface area (Å²) >= 11 is 0. The molecule has 0 aliphatic heterocycles. The highest BCUT2D eigenvalue weighted by molar-refractivity contribution is 5.54. The van der Waals surface area contributed by atoms with Crippen molar-refractivity contribution in [3.05, 3.63) is 29.3 Å². The summed E-state index contributed by atoms with van der Waals surface area (Å²) in [7, 11) is 0. The SMILES string of the molecule is CC(F)c1ccc(NCCCN)c(C(F)(F)F)c1. The minimum atomic E-state index is -4.50. The Labute approximate surface area is 103 Å². The molecule has 0 fully saturated rings. The van der Waals surface area contributed by atoms with Crippen LogP contribution in [0.3, 0.4) is 0 Å². The van der Waals surface area contributed by atoms with Crippen molar-refractivity contribution in [2.24, 2.45) is 5.73 Å². The molecule has 1 unspecified atom stereocenters. The van der Waals surface area contributed by atoms with Crippen molar-refractivity contribution in [1.29, 1.82) is 0 Å². The highest BCUT2D eigenvalue weighted by atomic mass is 19.4. The first-order valence-corrected chi connectivity index (χ1v) is 5.65. The Morgan fingerprint density at radius 3 is 2.50 bits per heavy atom. The molecule has 2 nitrogen and oxygen atoms in total. The van der Waals surface area contributed by atoms with Gasteiger partial charge < -0.3 is 11.1 Å². The molecule has 1 rings (SSSR count). The number of hydrogen-bond donors (Lipinski definition) is 2. The number of anilines is 1. The smallest absolute Gasteiger partial charge is 0.385 e. The molecular weight excluding hydrogens is 248 g/mol. The van der Waals surface area contributed by atoms with Gasteiger partial charge in [-0.2, -0.15) is 13.2 Å². The monoisotopic (exact) mass is 264 g/mol. The summed E-state index contributed by atoms with van der Waals surface area (Å²) < 4.78 is 51.5. The van der Waals surface area contributed by atoms with Gasteiger partial charge in [-0.05, 0) is 37.6 Å². The Kier molecular flexibility index (Phi) is 4.95. The molecule has 0 radical (unpaired) electrons. The predicted molar refractivity (Wildman–Crippen MR) is 63.1 cm³/mol. The first kappa shape index (κ1) is 14.8. The van der Waals surface area contributed by atoms with Gasteiger partial charge >= 0.3 is 6.18 Å². The van der Waals surface area contributed by atoms with Gasteiger partial charge in [0.2, 0.25) is 0 Å². The number of alkyl halides is 4. The van der Waals surface area contributed by atoms with Gasteiger partial charge in [0.25, 0.3) is 0 Å². The quantitative estimate of drug-likeness (QED) is 0.631. The third-order valence-corrected chi connectivity index (χ3v) is 2.50. The molecule has 6 heteroatoms. The summed E-state index contributed by atoms with van der Waals surface area (Å²) in [5.41, 5.74) is 4.40. The lowest BCUT2D eigenvalue weighted by Crippen LogP contribution is -2.14. The van der Waals surface area contributed by atoms with E-state index in [2.05, 4.69) is 5.32 Å². The molecular formula is C12H16F4N2. The lowest BCUT2D eigenvalue weighted by atomic mass is 10.1. The first-order valence-electron chi connectivity index (χ1n) is 5.65. The van der Waals surface area contributed by atoms with Crippen molar-refractivity contribution in [3.63, 3.8) is 0 Å². The van der Waals surface area contributed by atoms with Crippen molar-refractivity contribution in [1.82, 2.24) is 0 Å². The van der Waals surface area contributed by atoms with E-state index in [1.807, 2.05) is 0 Å². The second kappa shape index (κ2) is 6.04. The standard InChI is InChI=1S/C12H16F4N2/c1-8(13)9-3-4-11(18-6-2-5-17)10(7-9)12(14,15)16/h3-4,7-8,18H,2,5-6,17H2,1H3. The van der Waals surface area contributed by atoms with E-state index in [9.17, 15) is 17.6 Å². The second-order valence-corrected chi connectivity index (χ2v) is 3.99. The molecule has 0 amide bonds. The van der Waals surface area contributed by atoms with Crippen LogP contribution in [0, 0.1) is 0 Å². The average Bonchev–Trinajstić information content (AvgIpc) is 2.28. The molecule has 0 saturated carbocycles. The van der Waals surface area contributed by atoms with Crippen molar-refractivity contribution >= 4 is 5.69 Å². The van der Waals surface area contributed by atoms with E-state index in [4.69, 9.17) is 5.73 Å². The molecule has 0 aliphatic rings. The van der Waals surface area contributed by atoms with E-state index in [-0.39, 0.29) is 11.3 Å². The van der Waals surface area contributed by atoms with Gasteiger partial charge in [0.05, 0.1) is 5.56 Å². The molecule has 1 aromatic rings. The fourth-order valence-electron chi connectivity index (χ4n) is 1.52. The first-order chi connectivity index (χ1) is 8.36. The highest BCUT2D eigenvalue weighted by Gasteiger charge is 2.34. The topological polar surface area (TPSA) is 38.0 Å². The molecule has 0 spiro atoms. The lowest BCUT2D eigenvalue weighted by Gasteiger charge is -2.16. The average molecular weight is 264 g/mol. The van der Waals surface area contributed by atoms with E-state index in [1.54, 1.807) is 0 Å². The van der Waals surface area contributed by atoms with Crippen molar-refractivity contribution in [2.45, 2.75) is 25.7 Å². The molecule has 102 valence electrons. The molecule has 0 heterocycles. The highest BCUT2D eigenvalue weighted by Crippen LogP contribution is 2.36. The molecule has 0 bridgehead atoms. The Balaban J connectivity index is 3.02. The van der Waals surface area contributed by atoms with Gasteiger partial charge in [-0.25, -0.2) is 4.39 Å². The zero-order valence-electron chi connectivity index (χ0n) is 10.0. The van der Waals surface area contributed by atoms with Crippen LogP contribution in [0.1, 0.15) is 30.6 Å². The van der Waals surface area contributed by atoms with Crippen LogP contribution in [0.5, 0.6) is 0 Å². The maximum Gasteiger partial charge on any atom is 0.418 e. The molecule has 1 aromatic carbocycles. The van der Waals surface area contributed by atoms with Crippen LogP contribution in [-0.4, -0.2) is 13.1 Å². The molecule has 1 atom stereocenters. The van der Waals surface area contributed by atoms with Gasteiger partial charge in [0.15, 0.2) is 0 Å². The van der Waals surface area contributed by atoms with Crippen LogP contribution >= 0.6 is 0 Å². The number of nitrogens with two attached hydrogens (primary N) is 1. The van der Waals surface area contributed by atoms with Crippen LogP contribution in [0.15, 0.2) is 18.2 Å². The van der Waals surface area contributed by atoms with Crippen LogP contribution in [0.2, 0.25) is 0 Å². The van der Waals surface area contributed by atoms with Gasteiger partial charge in [0.1, 0.15) is 6.17 Å². The molecule has 0 aromatic heterocycles. The van der Waals surface area contributed by atoms with Crippen LogP contribution < -0.4 is 11.1 Å². The van der Waals surface area contributed by atoms with Crippen molar-refractivity contribution in [2.75, 3.05) is 18.4 Å². The van der Waals surface area contributed by atoms with Crippen molar-refractivity contribution in [3.8, 4) is 0 Å². The summed E-state index contributed by atoms with van der Waals surface area (Å²) in [4.78, 5) is 0. The largest absolute Gasteiger partial charge is 0.418 e. The van der Waals surface area contributed by atoms with E-state index in [0.29, 0.717) is 19.5 Å². The van der Waals surface area contributed by atoms with E-state index in [1.165, 1.54) is 19.1 Å². The number of hydrogen-bond acceptors (Lipinski definition) is 2. The van der Waals surface area contributed by atoms with Gasteiger partial charge in [-0.1, -0.05) is 6.07 Å². The third kappa shape index (κ3) is 3.87. The predicted octanol–water partition coefficient (Wildman–Crippen LogP) is 3.50. The fraction of sp³-hybridized carbons (Fsp3) is 0.500. The second-order valence-electron chi connectivity index (χ2n) is 3.99. The van der Waals surface area contributed by atoms with Gasteiger partial charge in [0, 0.05) is 12.2 Å². The Morgan fingerprint density at radius 1 is 1.33 bits per heavy atom. The van der Waals surface area contributed by atoms with E-state index in [0.717, 1.165) is 6.07 Å². The zero-order chi connectivity index (χ0) is 13.8. The Bertz CT molecular complexity index is 388. The van der Waals surface area contributed by atoms with Crippen LogP contribution in [-0.2, 0) is 6.18 Å². The molecule has 0 saturated heterocycles. The summed E-state index contributed by atoms with van der Waals surface area (Å²) in [6.45, 7) is 1.95. The summed E-state index contributed by atoms with van der Waals surface area (Å²) in [5.74, 6) is 0. The molecule has 18 heavy (non-hydrogen) atoms. The lowest BCUT2D eigenvalue weighted by molar-refractivity contribution is -0.137. The van der Waals surface area contributed by atoms with Crippen LogP contribution in [0.4, 0.5) is 23.2 Å². The normalized spacial score (nSPS) is 13.4. The minimum absolute atomic E-state index is 0.0201. The Morgan fingerprint density at radius 2 is 2.00 bits per heavy atom. The van der Waals surface area contributed by atoms with Gasteiger partial charge in [-0.15, -0.1) is 0 Å². The summed E-state index contributed by atoms with van der Waals surface area (Å²) in [6, 6.07) is 3.45. The zero-order valence-corrected chi connectivity index (χ0v) is 10.0. The van der Waals surface area contributed by atoms with E-state index < -0.39 is 17.9 Å². The molecule has 0 aliphatic carbocycles. The third-order valence-electron chi connectivity index (χ3n) is 2.50. The number of nitrogens with one attached hydrogen (secondary N) is 1. The van der Waals surface area contributed by atoms with E-state index >= 15 is 0 Å². The maximum atomic E-state index is 13.0. The maximum absolute atomic E-state index is 13.0. The molecule has 3 N–H and O–H groups in total. The minimum Gasteiger partial charge on any atom is -0.385 e. The fourth-order valence-corrected chi connectivity index (χ4v) is 1.52. The van der Waals surface area contributed by atoms with Crippen molar-refractivity contribution < 1.29 is 17.6 Å². The van der Waals surface area contributed by atoms with Crippen LogP contribution in [0.25, 0.3) is 0 Å². The van der Waals surface area contributed by atoms with Gasteiger partial charge in [-0.3, -0.25) is 0 Å². The Hall–Kier alpha value is -1.30.